The molecular formula is C14H28N2. The standard InChI is InChI=1S/C14H28N2/c1-11(2)9-13(7-5-6-8-15)14(16)10-12(3)4/h9,11-12,16H,5-8,10,15H2,1-4H3. The molecule has 0 aliphatic heterocycles. The Balaban J connectivity index is 4.36. The van der Waals surface area contributed by atoms with E-state index in [9.17, 15) is 0 Å². The van der Waals surface area contributed by atoms with E-state index >= 15 is 0 Å². The summed E-state index contributed by atoms with van der Waals surface area (Å²) >= 11 is 0. The van der Waals surface area contributed by atoms with Crippen molar-refractivity contribution in [1.29, 1.82) is 5.41 Å². The SMILES string of the molecule is CC(C)C=C(CCCCN)C(=N)CC(C)C. The van der Waals surface area contributed by atoms with Crippen molar-refractivity contribution in [2.75, 3.05) is 6.54 Å². The van der Waals surface area contributed by atoms with Crippen molar-refractivity contribution in [1.82, 2.24) is 0 Å². The van der Waals surface area contributed by atoms with Crippen LogP contribution >= 0.6 is 0 Å². The van der Waals surface area contributed by atoms with Crippen LogP contribution in [0.25, 0.3) is 0 Å². The quantitative estimate of drug-likeness (QED) is 0.478. The van der Waals surface area contributed by atoms with E-state index in [-0.39, 0.29) is 0 Å². The van der Waals surface area contributed by atoms with Gasteiger partial charge in [0.2, 0.25) is 0 Å². The summed E-state index contributed by atoms with van der Waals surface area (Å²) in [7, 11) is 0. The summed E-state index contributed by atoms with van der Waals surface area (Å²) in [6.45, 7) is 9.44. The maximum Gasteiger partial charge on any atom is 0.0345 e. The molecule has 0 rings (SSSR count). The Kier molecular flexibility index (Phi) is 8.18. The fraction of sp³-hybridized carbons (Fsp3) is 0.786. The highest BCUT2D eigenvalue weighted by molar-refractivity contribution is 5.97. The van der Waals surface area contributed by atoms with E-state index in [2.05, 4.69) is 33.8 Å². The maximum atomic E-state index is 8.11. The molecule has 3 N–H and O–H groups in total. The smallest absolute Gasteiger partial charge is 0.0345 e. The molecule has 0 aromatic rings. The third kappa shape index (κ3) is 7.63. The molecule has 0 saturated carbocycles. The van der Waals surface area contributed by atoms with E-state index in [1.54, 1.807) is 0 Å². The Bertz CT molecular complexity index is 227. The summed E-state index contributed by atoms with van der Waals surface area (Å²) in [5.74, 6) is 1.10. The van der Waals surface area contributed by atoms with Crippen LogP contribution in [0, 0.1) is 17.2 Å². The van der Waals surface area contributed by atoms with Crippen LogP contribution in [0.3, 0.4) is 0 Å². The van der Waals surface area contributed by atoms with E-state index in [1.807, 2.05) is 0 Å². The summed E-state index contributed by atoms with van der Waals surface area (Å²) < 4.78 is 0. The van der Waals surface area contributed by atoms with Crippen LogP contribution in [0.5, 0.6) is 0 Å². The van der Waals surface area contributed by atoms with E-state index in [4.69, 9.17) is 11.1 Å². The first-order valence-electron chi connectivity index (χ1n) is 6.46. The van der Waals surface area contributed by atoms with Crippen LogP contribution in [0.2, 0.25) is 0 Å². The second-order valence-electron chi connectivity index (χ2n) is 5.26. The Hall–Kier alpha value is -0.630. The first-order chi connectivity index (χ1) is 7.47. The third-order valence-electron chi connectivity index (χ3n) is 2.43. The van der Waals surface area contributed by atoms with Crippen molar-refractivity contribution in [3.8, 4) is 0 Å². The summed E-state index contributed by atoms with van der Waals surface area (Å²) in [5, 5.41) is 8.11. The zero-order chi connectivity index (χ0) is 12.6. The number of nitrogens with one attached hydrogen (secondary N) is 1. The van der Waals surface area contributed by atoms with Crippen molar-refractivity contribution >= 4 is 5.71 Å². The van der Waals surface area contributed by atoms with Gasteiger partial charge in [-0.3, -0.25) is 0 Å². The molecule has 0 atom stereocenters. The second kappa shape index (κ2) is 8.51. The van der Waals surface area contributed by atoms with Gasteiger partial charge in [-0.1, -0.05) is 33.8 Å². The molecule has 0 heterocycles. The normalized spacial score (nSPS) is 12.6. The van der Waals surface area contributed by atoms with Crippen molar-refractivity contribution < 1.29 is 0 Å². The van der Waals surface area contributed by atoms with Crippen LogP contribution in [-0.4, -0.2) is 12.3 Å². The lowest BCUT2D eigenvalue weighted by atomic mass is 9.94. The molecule has 2 heteroatoms. The minimum Gasteiger partial charge on any atom is -0.330 e. The Morgan fingerprint density at radius 2 is 1.81 bits per heavy atom. The van der Waals surface area contributed by atoms with Crippen LogP contribution in [0.1, 0.15) is 53.4 Å². The van der Waals surface area contributed by atoms with Gasteiger partial charge in [0.25, 0.3) is 0 Å². The Morgan fingerprint density at radius 1 is 1.19 bits per heavy atom. The number of allylic oxidation sites excluding steroid dienone is 2. The predicted molar refractivity (Wildman–Crippen MR) is 73.0 cm³/mol. The van der Waals surface area contributed by atoms with E-state index in [0.29, 0.717) is 11.8 Å². The molecule has 16 heavy (non-hydrogen) atoms. The first-order valence-corrected chi connectivity index (χ1v) is 6.46. The Labute approximate surface area is 101 Å². The van der Waals surface area contributed by atoms with Crippen molar-refractivity contribution in [3.63, 3.8) is 0 Å². The summed E-state index contributed by atoms with van der Waals surface area (Å²) in [5.41, 5.74) is 7.55. The van der Waals surface area contributed by atoms with Gasteiger partial charge in [0.1, 0.15) is 0 Å². The molecule has 0 bridgehead atoms. The summed E-state index contributed by atoms with van der Waals surface area (Å²) in [4.78, 5) is 0. The summed E-state index contributed by atoms with van der Waals surface area (Å²) in [6.07, 6.45) is 6.31. The maximum absolute atomic E-state index is 8.11. The van der Waals surface area contributed by atoms with Crippen LogP contribution < -0.4 is 5.73 Å². The van der Waals surface area contributed by atoms with E-state index < -0.39 is 0 Å². The number of unbranched alkanes of at least 4 members (excludes halogenated alkanes) is 1. The summed E-state index contributed by atoms with van der Waals surface area (Å²) in [6, 6.07) is 0. The number of rotatable bonds is 8. The van der Waals surface area contributed by atoms with Crippen LogP contribution in [0.4, 0.5) is 0 Å². The van der Waals surface area contributed by atoms with Gasteiger partial charge in [-0.2, -0.15) is 0 Å². The lowest BCUT2D eigenvalue weighted by molar-refractivity contribution is 0.674. The lowest BCUT2D eigenvalue weighted by Gasteiger charge is -2.12. The molecule has 94 valence electrons. The molecule has 0 spiro atoms. The highest BCUT2D eigenvalue weighted by Gasteiger charge is 2.08. The largest absolute Gasteiger partial charge is 0.330 e. The molecular weight excluding hydrogens is 196 g/mol. The average Bonchev–Trinajstić information content (AvgIpc) is 2.14. The zero-order valence-electron chi connectivity index (χ0n) is 11.3. The number of hydrogen-bond acceptors (Lipinski definition) is 2. The molecule has 0 saturated heterocycles. The lowest BCUT2D eigenvalue weighted by Crippen LogP contribution is -2.08. The van der Waals surface area contributed by atoms with Crippen molar-refractivity contribution in [2.24, 2.45) is 17.6 Å². The molecule has 0 aliphatic rings. The van der Waals surface area contributed by atoms with Crippen molar-refractivity contribution in [2.45, 2.75) is 53.4 Å². The van der Waals surface area contributed by atoms with E-state index in [0.717, 1.165) is 37.9 Å². The minimum atomic E-state index is 0.528. The van der Waals surface area contributed by atoms with Gasteiger partial charge in [-0.25, -0.2) is 0 Å². The molecule has 0 aliphatic carbocycles. The fourth-order valence-electron chi connectivity index (χ4n) is 1.74. The molecule has 2 nitrogen and oxygen atoms in total. The molecule has 0 unspecified atom stereocenters. The Morgan fingerprint density at radius 3 is 2.25 bits per heavy atom. The number of hydrogen-bond donors (Lipinski definition) is 2. The van der Waals surface area contributed by atoms with Crippen LogP contribution in [0.15, 0.2) is 11.6 Å². The zero-order valence-corrected chi connectivity index (χ0v) is 11.3. The monoisotopic (exact) mass is 224 g/mol. The molecule has 0 fully saturated rings. The van der Waals surface area contributed by atoms with Crippen LogP contribution in [-0.2, 0) is 0 Å². The van der Waals surface area contributed by atoms with Gasteiger partial charge in [-0.05, 0) is 49.6 Å². The van der Waals surface area contributed by atoms with E-state index in [1.165, 1.54) is 5.57 Å². The molecule has 0 aromatic carbocycles. The highest BCUT2D eigenvalue weighted by Crippen LogP contribution is 2.16. The van der Waals surface area contributed by atoms with Gasteiger partial charge in [0.15, 0.2) is 0 Å². The van der Waals surface area contributed by atoms with Gasteiger partial charge in [0.05, 0.1) is 0 Å². The van der Waals surface area contributed by atoms with Gasteiger partial charge in [-0.15, -0.1) is 0 Å². The highest BCUT2D eigenvalue weighted by atomic mass is 14.5. The van der Waals surface area contributed by atoms with Gasteiger partial charge >= 0.3 is 0 Å². The molecule has 0 aromatic heterocycles. The predicted octanol–water partition coefficient (Wildman–Crippen LogP) is 3.76. The fourth-order valence-corrected chi connectivity index (χ4v) is 1.74. The minimum absolute atomic E-state index is 0.528. The second-order valence-corrected chi connectivity index (χ2v) is 5.26. The molecule has 0 radical (unpaired) electrons. The first kappa shape index (κ1) is 15.4. The average molecular weight is 224 g/mol. The molecule has 0 amide bonds. The third-order valence-corrected chi connectivity index (χ3v) is 2.43. The topological polar surface area (TPSA) is 49.9 Å². The van der Waals surface area contributed by atoms with Gasteiger partial charge < -0.3 is 11.1 Å². The number of nitrogens with two attached hydrogens (primary N) is 1. The van der Waals surface area contributed by atoms with Gasteiger partial charge in [0, 0.05) is 5.71 Å². The van der Waals surface area contributed by atoms with Crippen molar-refractivity contribution in [3.05, 3.63) is 11.6 Å².